The highest BCUT2D eigenvalue weighted by atomic mass is 16.5. The topological polar surface area (TPSA) is 82.0 Å². The van der Waals surface area contributed by atoms with Gasteiger partial charge in [0.25, 0.3) is 0 Å². The third-order valence-electron chi connectivity index (χ3n) is 7.13. The average molecular weight is 356 g/mol. The van der Waals surface area contributed by atoms with E-state index >= 15 is 0 Å². The number of methoxy groups -OCH3 is 1. The normalized spacial score (nSPS) is 35.6. The van der Waals surface area contributed by atoms with Gasteiger partial charge in [0.2, 0.25) is 0 Å². The van der Waals surface area contributed by atoms with Gasteiger partial charge in [-0.05, 0) is 37.9 Å². The molecular weight excluding hydrogens is 332 g/mol. The smallest absolute Gasteiger partial charge is 0.335 e. The standard InChI is InChI=1S/C20H24N2O4/c1-10(23)12-9-22-7-6-20-13-4-3-5-14(24)17(13)21-18(20)16(19(25)26-2)11(12)8-15(20)22/h3-5,10-12,15,21,23-24H,6-9H2,1-2H3/t10-,11+,12-,15+,20-/m1/s1. The molecular formula is C20H24N2O4. The molecule has 6 heteroatoms. The first kappa shape index (κ1) is 16.1. The molecule has 0 radical (unpaired) electrons. The van der Waals surface area contributed by atoms with Gasteiger partial charge in [0, 0.05) is 30.1 Å². The number of rotatable bonds is 2. The number of fused-ring (bicyclic) bond motifs is 2. The predicted octanol–water partition coefficient (Wildman–Crippen LogP) is 1.59. The number of nitrogens with one attached hydrogen (secondary N) is 1. The predicted molar refractivity (Wildman–Crippen MR) is 95.7 cm³/mol. The van der Waals surface area contributed by atoms with Crippen LogP contribution in [-0.2, 0) is 14.9 Å². The van der Waals surface area contributed by atoms with Crippen molar-refractivity contribution >= 4 is 11.7 Å². The number of hydrogen-bond donors (Lipinski definition) is 3. The zero-order valence-corrected chi connectivity index (χ0v) is 15.0. The Bertz CT molecular complexity index is 833. The van der Waals surface area contributed by atoms with E-state index in [4.69, 9.17) is 4.74 Å². The third-order valence-corrected chi connectivity index (χ3v) is 7.13. The van der Waals surface area contributed by atoms with Crippen molar-refractivity contribution in [1.82, 2.24) is 4.90 Å². The molecule has 1 aromatic rings. The Kier molecular flexibility index (Phi) is 3.25. The maximum absolute atomic E-state index is 12.8. The molecule has 5 atom stereocenters. The summed E-state index contributed by atoms with van der Waals surface area (Å²) in [5.41, 5.74) is 3.04. The summed E-state index contributed by atoms with van der Waals surface area (Å²) in [5.74, 6) is -0.145. The maximum atomic E-state index is 12.8. The molecule has 0 saturated carbocycles. The van der Waals surface area contributed by atoms with Crippen LogP contribution < -0.4 is 5.32 Å². The van der Waals surface area contributed by atoms with Crippen molar-refractivity contribution in [2.24, 2.45) is 11.8 Å². The van der Waals surface area contributed by atoms with Crippen LogP contribution in [0.1, 0.15) is 25.3 Å². The largest absolute Gasteiger partial charge is 0.506 e. The Balaban J connectivity index is 1.79. The van der Waals surface area contributed by atoms with E-state index in [0.717, 1.165) is 37.2 Å². The van der Waals surface area contributed by atoms with Crippen LogP contribution in [0.3, 0.4) is 0 Å². The number of anilines is 1. The van der Waals surface area contributed by atoms with Crippen LogP contribution in [0.25, 0.3) is 0 Å². The van der Waals surface area contributed by atoms with Crippen molar-refractivity contribution in [2.75, 3.05) is 25.5 Å². The SMILES string of the molecule is COC(=O)C1=C2Nc3c(O)cccc3[C@@]23CCN2C[C@H]([C@@H](C)O)[C@@H]1C[C@H]23. The highest BCUT2D eigenvalue weighted by molar-refractivity contribution is 5.94. The van der Waals surface area contributed by atoms with Crippen LogP contribution in [0.4, 0.5) is 5.69 Å². The quantitative estimate of drug-likeness (QED) is 0.551. The van der Waals surface area contributed by atoms with Gasteiger partial charge in [-0.2, -0.15) is 0 Å². The Labute approximate surface area is 152 Å². The fraction of sp³-hybridized carbons (Fsp3) is 0.550. The Morgan fingerprint density at radius 1 is 1.46 bits per heavy atom. The first-order chi connectivity index (χ1) is 12.5. The summed E-state index contributed by atoms with van der Waals surface area (Å²) in [5, 5.41) is 24.2. The van der Waals surface area contributed by atoms with Gasteiger partial charge >= 0.3 is 5.97 Å². The van der Waals surface area contributed by atoms with Crippen LogP contribution in [0, 0.1) is 11.8 Å². The van der Waals surface area contributed by atoms with Gasteiger partial charge in [0.05, 0.1) is 29.9 Å². The van der Waals surface area contributed by atoms with E-state index in [1.54, 1.807) is 6.07 Å². The molecule has 3 N–H and O–H groups in total. The molecule has 3 heterocycles. The van der Waals surface area contributed by atoms with Gasteiger partial charge in [-0.15, -0.1) is 0 Å². The van der Waals surface area contributed by atoms with Crippen LogP contribution in [0.15, 0.2) is 29.5 Å². The molecule has 0 aromatic heterocycles. The fourth-order valence-electron chi connectivity index (χ4n) is 6.03. The van der Waals surface area contributed by atoms with Gasteiger partial charge in [0.15, 0.2) is 0 Å². The molecule has 2 saturated heterocycles. The van der Waals surface area contributed by atoms with E-state index < -0.39 is 6.10 Å². The average Bonchev–Trinajstić information content (AvgIpc) is 3.18. The number of esters is 1. The lowest BCUT2D eigenvalue weighted by Gasteiger charge is -2.51. The molecule has 3 aliphatic heterocycles. The summed E-state index contributed by atoms with van der Waals surface area (Å²) in [6.45, 7) is 3.52. The molecule has 5 rings (SSSR count). The summed E-state index contributed by atoms with van der Waals surface area (Å²) in [4.78, 5) is 15.3. The zero-order valence-electron chi connectivity index (χ0n) is 15.0. The van der Waals surface area contributed by atoms with Crippen LogP contribution in [0.2, 0.25) is 0 Å². The van der Waals surface area contributed by atoms with E-state index in [2.05, 4.69) is 16.3 Å². The lowest BCUT2D eigenvalue weighted by Crippen LogP contribution is -2.57. The minimum Gasteiger partial charge on any atom is -0.506 e. The number of aliphatic hydroxyl groups excluding tert-OH is 1. The molecule has 2 bridgehead atoms. The number of aromatic hydroxyl groups is 1. The van der Waals surface area contributed by atoms with E-state index in [1.165, 1.54) is 7.11 Å². The lowest BCUT2D eigenvalue weighted by atomic mass is 9.60. The monoisotopic (exact) mass is 356 g/mol. The molecule has 2 fully saturated rings. The van der Waals surface area contributed by atoms with E-state index in [9.17, 15) is 15.0 Å². The van der Waals surface area contributed by atoms with Gasteiger partial charge in [-0.3, -0.25) is 4.90 Å². The molecule has 1 spiro atoms. The second-order valence-electron chi connectivity index (χ2n) is 8.08. The number of benzene rings is 1. The minimum absolute atomic E-state index is 0.00283. The number of aliphatic hydroxyl groups is 1. The van der Waals surface area contributed by atoms with E-state index in [1.807, 2.05) is 13.0 Å². The van der Waals surface area contributed by atoms with Crippen molar-refractivity contribution in [1.29, 1.82) is 0 Å². The number of ether oxygens (including phenoxy) is 1. The molecule has 1 aliphatic carbocycles. The summed E-state index contributed by atoms with van der Waals surface area (Å²) in [7, 11) is 1.41. The molecule has 0 amide bonds. The molecule has 6 nitrogen and oxygen atoms in total. The molecule has 4 aliphatic rings. The van der Waals surface area contributed by atoms with Crippen LogP contribution in [-0.4, -0.2) is 53.4 Å². The van der Waals surface area contributed by atoms with Crippen LogP contribution >= 0.6 is 0 Å². The number of phenols is 1. The van der Waals surface area contributed by atoms with Crippen molar-refractivity contribution < 1.29 is 19.7 Å². The first-order valence-corrected chi connectivity index (χ1v) is 9.33. The number of piperidine rings is 1. The van der Waals surface area contributed by atoms with E-state index in [0.29, 0.717) is 11.3 Å². The summed E-state index contributed by atoms with van der Waals surface area (Å²) < 4.78 is 5.16. The van der Waals surface area contributed by atoms with Crippen molar-refractivity contribution in [3.63, 3.8) is 0 Å². The van der Waals surface area contributed by atoms with Crippen LogP contribution in [0.5, 0.6) is 5.75 Å². The fourth-order valence-corrected chi connectivity index (χ4v) is 6.03. The molecule has 1 aromatic carbocycles. The number of nitrogens with zero attached hydrogens (tertiary/aromatic N) is 1. The number of carbonyl (C=O) groups is 1. The lowest BCUT2D eigenvalue weighted by molar-refractivity contribution is -0.138. The minimum atomic E-state index is -0.494. The van der Waals surface area contributed by atoms with Gasteiger partial charge in [-0.25, -0.2) is 4.79 Å². The second-order valence-corrected chi connectivity index (χ2v) is 8.08. The first-order valence-electron chi connectivity index (χ1n) is 9.33. The summed E-state index contributed by atoms with van der Waals surface area (Å²) >= 11 is 0. The van der Waals surface area contributed by atoms with Gasteiger partial charge in [-0.1, -0.05) is 12.1 Å². The second kappa shape index (κ2) is 5.24. The van der Waals surface area contributed by atoms with Crippen molar-refractivity contribution in [3.8, 4) is 5.75 Å². The third kappa shape index (κ3) is 1.76. The summed E-state index contributed by atoms with van der Waals surface area (Å²) in [6, 6.07) is 5.90. The number of hydrogen-bond acceptors (Lipinski definition) is 6. The maximum Gasteiger partial charge on any atom is 0.335 e. The number of carbonyl (C=O) groups excluding carboxylic acids is 1. The summed E-state index contributed by atoms with van der Waals surface area (Å²) in [6.07, 6.45) is 1.24. The molecule has 138 valence electrons. The van der Waals surface area contributed by atoms with Crippen molar-refractivity contribution in [3.05, 3.63) is 35.0 Å². The molecule has 26 heavy (non-hydrogen) atoms. The van der Waals surface area contributed by atoms with Gasteiger partial charge < -0.3 is 20.3 Å². The highest BCUT2D eigenvalue weighted by Gasteiger charge is 2.63. The van der Waals surface area contributed by atoms with Crippen molar-refractivity contribution in [2.45, 2.75) is 37.3 Å². The van der Waals surface area contributed by atoms with E-state index in [-0.39, 0.29) is 35.0 Å². The Hall–Kier alpha value is -2.05. The number of phenolic OH excluding ortho intramolecular Hbond substituents is 1. The highest BCUT2D eigenvalue weighted by Crippen LogP contribution is 2.62. The number of para-hydroxylation sites is 1. The zero-order chi connectivity index (χ0) is 18.2. The van der Waals surface area contributed by atoms with Gasteiger partial charge in [0.1, 0.15) is 5.75 Å². The Morgan fingerprint density at radius 2 is 2.27 bits per heavy atom. The molecule has 0 unspecified atom stereocenters. The Morgan fingerprint density at radius 3 is 3.00 bits per heavy atom.